The first-order valence-corrected chi connectivity index (χ1v) is 5.71. The standard InChI is InChI=1S/C11H17N5O3/c1-3-15(2)11(17)7-13-8-4-9(14-12)6-10(5-8)16(18)19/h4-6,13-14H,3,7,12H2,1-2H3. The average Bonchev–Trinajstić information content (AvgIpc) is 2.43. The third-order valence-corrected chi connectivity index (χ3v) is 2.64. The van der Waals surface area contributed by atoms with Crippen molar-refractivity contribution in [1.29, 1.82) is 0 Å². The Labute approximate surface area is 110 Å². The smallest absolute Gasteiger partial charge is 0.273 e. The number of carbonyl (C=O) groups excluding carboxylic acids is 1. The molecule has 0 radical (unpaired) electrons. The molecule has 0 atom stereocenters. The molecule has 0 aliphatic heterocycles. The molecule has 4 N–H and O–H groups in total. The zero-order valence-corrected chi connectivity index (χ0v) is 10.8. The molecule has 1 rings (SSSR count). The van der Waals surface area contributed by atoms with Crippen molar-refractivity contribution in [3.05, 3.63) is 28.3 Å². The van der Waals surface area contributed by atoms with Crippen molar-refractivity contribution < 1.29 is 9.72 Å². The summed E-state index contributed by atoms with van der Waals surface area (Å²) in [6.07, 6.45) is 0. The maximum Gasteiger partial charge on any atom is 0.273 e. The lowest BCUT2D eigenvalue weighted by atomic mass is 10.2. The van der Waals surface area contributed by atoms with Crippen molar-refractivity contribution in [2.75, 3.05) is 30.9 Å². The summed E-state index contributed by atoms with van der Waals surface area (Å²) in [5.41, 5.74) is 3.10. The molecular weight excluding hydrogens is 250 g/mol. The Bertz CT molecular complexity index is 477. The SMILES string of the molecule is CCN(C)C(=O)CNc1cc(NN)cc([N+](=O)[O-])c1. The van der Waals surface area contributed by atoms with Crippen LogP contribution in [0, 0.1) is 10.1 Å². The minimum absolute atomic E-state index is 0.0650. The molecule has 0 heterocycles. The number of hydrogen-bond acceptors (Lipinski definition) is 6. The Morgan fingerprint density at radius 1 is 1.42 bits per heavy atom. The Morgan fingerprint density at radius 2 is 2.05 bits per heavy atom. The number of likely N-dealkylation sites (N-methyl/N-ethyl adjacent to an activating group) is 1. The van der Waals surface area contributed by atoms with Gasteiger partial charge in [-0.3, -0.25) is 20.8 Å². The zero-order valence-electron chi connectivity index (χ0n) is 10.8. The second-order valence-corrected chi connectivity index (χ2v) is 3.93. The molecule has 1 aromatic rings. The van der Waals surface area contributed by atoms with Crippen molar-refractivity contribution in [3.63, 3.8) is 0 Å². The normalized spacial score (nSPS) is 9.84. The zero-order chi connectivity index (χ0) is 14.4. The number of carbonyl (C=O) groups is 1. The predicted octanol–water partition coefficient (Wildman–Crippen LogP) is 0.771. The van der Waals surface area contributed by atoms with Crippen molar-refractivity contribution in [2.24, 2.45) is 5.84 Å². The number of nitrogen functional groups attached to an aromatic ring is 1. The lowest BCUT2D eigenvalue weighted by Crippen LogP contribution is -2.31. The van der Waals surface area contributed by atoms with Gasteiger partial charge in [-0.05, 0) is 13.0 Å². The number of hydrazine groups is 1. The van der Waals surface area contributed by atoms with Crippen LogP contribution < -0.4 is 16.6 Å². The van der Waals surface area contributed by atoms with Gasteiger partial charge in [-0.25, -0.2) is 0 Å². The first kappa shape index (κ1) is 14.7. The van der Waals surface area contributed by atoms with Gasteiger partial charge in [0.2, 0.25) is 5.91 Å². The van der Waals surface area contributed by atoms with Gasteiger partial charge < -0.3 is 15.6 Å². The molecule has 0 unspecified atom stereocenters. The van der Waals surface area contributed by atoms with Gasteiger partial charge in [-0.15, -0.1) is 0 Å². The first-order valence-electron chi connectivity index (χ1n) is 5.71. The largest absolute Gasteiger partial charge is 0.376 e. The van der Waals surface area contributed by atoms with Crippen LogP contribution in [0.2, 0.25) is 0 Å². The van der Waals surface area contributed by atoms with Crippen molar-refractivity contribution >= 4 is 23.0 Å². The number of nitrogens with two attached hydrogens (primary N) is 1. The molecule has 1 amide bonds. The van der Waals surface area contributed by atoms with E-state index in [4.69, 9.17) is 5.84 Å². The Hall–Kier alpha value is -2.35. The summed E-state index contributed by atoms with van der Waals surface area (Å²) in [5.74, 6) is 5.14. The molecule has 0 aliphatic rings. The van der Waals surface area contributed by atoms with Crippen LogP contribution in [0.3, 0.4) is 0 Å². The fourth-order valence-electron chi connectivity index (χ4n) is 1.39. The van der Waals surface area contributed by atoms with E-state index in [1.54, 1.807) is 18.0 Å². The monoisotopic (exact) mass is 267 g/mol. The first-order chi connectivity index (χ1) is 8.97. The topological polar surface area (TPSA) is 114 Å². The van der Waals surface area contributed by atoms with E-state index in [2.05, 4.69) is 10.7 Å². The predicted molar refractivity (Wildman–Crippen MR) is 72.7 cm³/mol. The average molecular weight is 267 g/mol. The van der Waals surface area contributed by atoms with Gasteiger partial charge in [-0.2, -0.15) is 0 Å². The second kappa shape index (κ2) is 6.55. The highest BCUT2D eigenvalue weighted by atomic mass is 16.6. The van der Waals surface area contributed by atoms with E-state index in [1.165, 1.54) is 12.1 Å². The maximum absolute atomic E-state index is 11.6. The van der Waals surface area contributed by atoms with Gasteiger partial charge in [0.05, 0.1) is 17.2 Å². The molecule has 0 bridgehead atoms. The number of hydrogen-bond donors (Lipinski definition) is 3. The molecule has 8 nitrogen and oxygen atoms in total. The summed E-state index contributed by atoms with van der Waals surface area (Å²) in [6.45, 7) is 2.53. The van der Waals surface area contributed by atoms with Gasteiger partial charge in [-0.1, -0.05) is 0 Å². The second-order valence-electron chi connectivity index (χ2n) is 3.93. The van der Waals surface area contributed by atoms with E-state index in [1.807, 2.05) is 6.92 Å². The van der Waals surface area contributed by atoms with E-state index in [0.717, 1.165) is 0 Å². The van der Waals surface area contributed by atoms with Gasteiger partial charge in [0.15, 0.2) is 0 Å². The Balaban J connectivity index is 2.80. The number of nitro benzene ring substituents is 1. The van der Waals surface area contributed by atoms with Crippen LogP contribution in [-0.4, -0.2) is 35.9 Å². The molecule has 0 spiro atoms. The van der Waals surface area contributed by atoms with E-state index < -0.39 is 4.92 Å². The number of nitro groups is 1. The molecule has 0 aromatic heterocycles. The summed E-state index contributed by atoms with van der Waals surface area (Å²) in [4.78, 5) is 23.4. The summed E-state index contributed by atoms with van der Waals surface area (Å²) >= 11 is 0. The molecule has 0 saturated heterocycles. The van der Waals surface area contributed by atoms with Crippen LogP contribution in [0.25, 0.3) is 0 Å². The highest BCUT2D eigenvalue weighted by Crippen LogP contribution is 2.23. The van der Waals surface area contributed by atoms with Gasteiger partial charge in [0.1, 0.15) is 0 Å². The Morgan fingerprint density at radius 3 is 2.58 bits per heavy atom. The number of benzene rings is 1. The van der Waals surface area contributed by atoms with Gasteiger partial charge in [0, 0.05) is 31.4 Å². The van der Waals surface area contributed by atoms with Crippen molar-refractivity contribution in [2.45, 2.75) is 6.92 Å². The van der Waals surface area contributed by atoms with Crippen LogP contribution in [0.5, 0.6) is 0 Å². The van der Waals surface area contributed by atoms with Gasteiger partial charge in [0.25, 0.3) is 5.69 Å². The number of nitrogens with zero attached hydrogens (tertiary/aromatic N) is 2. The van der Waals surface area contributed by atoms with Crippen molar-refractivity contribution in [1.82, 2.24) is 4.90 Å². The summed E-state index contributed by atoms with van der Waals surface area (Å²) < 4.78 is 0. The molecule has 19 heavy (non-hydrogen) atoms. The third-order valence-electron chi connectivity index (χ3n) is 2.64. The van der Waals surface area contributed by atoms with E-state index >= 15 is 0 Å². The highest BCUT2D eigenvalue weighted by molar-refractivity contribution is 5.81. The maximum atomic E-state index is 11.6. The fraction of sp³-hybridized carbons (Fsp3) is 0.364. The lowest BCUT2D eigenvalue weighted by molar-refractivity contribution is -0.384. The lowest BCUT2D eigenvalue weighted by Gasteiger charge is -2.15. The van der Waals surface area contributed by atoms with E-state index in [-0.39, 0.29) is 18.1 Å². The van der Waals surface area contributed by atoms with Gasteiger partial charge >= 0.3 is 0 Å². The number of non-ortho nitro benzene ring substituents is 1. The highest BCUT2D eigenvalue weighted by Gasteiger charge is 2.11. The van der Waals surface area contributed by atoms with Crippen LogP contribution in [0.15, 0.2) is 18.2 Å². The van der Waals surface area contributed by atoms with Crippen LogP contribution in [-0.2, 0) is 4.79 Å². The van der Waals surface area contributed by atoms with Crippen LogP contribution in [0.1, 0.15) is 6.92 Å². The molecule has 1 aromatic carbocycles. The summed E-state index contributed by atoms with van der Waals surface area (Å²) in [5, 5.41) is 13.6. The van der Waals surface area contributed by atoms with Crippen molar-refractivity contribution in [3.8, 4) is 0 Å². The minimum atomic E-state index is -0.522. The quantitative estimate of drug-likeness (QED) is 0.398. The molecule has 0 aliphatic carbocycles. The molecule has 104 valence electrons. The molecule has 0 saturated carbocycles. The number of anilines is 2. The summed E-state index contributed by atoms with van der Waals surface area (Å²) in [6, 6.07) is 4.25. The number of nitrogens with one attached hydrogen (secondary N) is 2. The van der Waals surface area contributed by atoms with E-state index in [0.29, 0.717) is 17.9 Å². The number of rotatable bonds is 6. The molecular formula is C11H17N5O3. The van der Waals surface area contributed by atoms with Crippen LogP contribution >= 0.6 is 0 Å². The van der Waals surface area contributed by atoms with E-state index in [9.17, 15) is 14.9 Å². The van der Waals surface area contributed by atoms with Crippen LogP contribution in [0.4, 0.5) is 17.1 Å². The minimum Gasteiger partial charge on any atom is -0.376 e. The third kappa shape index (κ3) is 4.11. The Kier molecular flexibility index (Phi) is 5.07. The number of amides is 1. The molecule has 8 heteroatoms. The molecule has 0 fully saturated rings. The summed E-state index contributed by atoms with van der Waals surface area (Å²) in [7, 11) is 1.68. The fourth-order valence-corrected chi connectivity index (χ4v) is 1.39.